The molecule has 2 heteroatoms. The van der Waals surface area contributed by atoms with Gasteiger partial charge in [0.05, 0.1) is 0 Å². The number of carbonyl (C=O) groups excluding carboxylic acids is 2. The van der Waals surface area contributed by atoms with E-state index in [0.29, 0.717) is 0 Å². The Morgan fingerprint density at radius 3 is 1.20 bits per heavy atom. The second-order valence-corrected chi connectivity index (χ2v) is 2.07. The van der Waals surface area contributed by atoms with Crippen molar-refractivity contribution in [1.82, 2.24) is 0 Å². The van der Waals surface area contributed by atoms with Gasteiger partial charge in [-0.3, -0.25) is 9.59 Å². The lowest BCUT2D eigenvalue weighted by molar-refractivity contribution is -0.116. The van der Waals surface area contributed by atoms with E-state index in [9.17, 15) is 9.59 Å². The van der Waals surface area contributed by atoms with E-state index < -0.39 is 0 Å². The molecular weight excluding hydrogens is 128 g/mol. The van der Waals surface area contributed by atoms with Crippen LogP contribution in [0.25, 0.3) is 0 Å². The van der Waals surface area contributed by atoms with Crippen LogP contribution >= 0.6 is 0 Å². The van der Waals surface area contributed by atoms with Gasteiger partial charge in [-0.15, -0.1) is 0 Å². The Balaban J connectivity index is 4.39. The van der Waals surface area contributed by atoms with Crippen LogP contribution in [-0.2, 0) is 9.59 Å². The van der Waals surface area contributed by atoms with Gasteiger partial charge in [0, 0.05) is 11.1 Å². The number of allylic oxidation sites excluding steroid dienone is 2. The fourth-order valence-corrected chi connectivity index (χ4v) is 0.425. The van der Waals surface area contributed by atoms with Crippen LogP contribution < -0.4 is 0 Å². The molecule has 0 aromatic heterocycles. The molecule has 0 aromatic carbocycles. The molecule has 0 heterocycles. The molecule has 0 saturated heterocycles. The van der Waals surface area contributed by atoms with Crippen LogP contribution in [0.4, 0.5) is 0 Å². The quantitative estimate of drug-likeness (QED) is 0.435. The van der Waals surface area contributed by atoms with Crippen LogP contribution in [0.1, 0.15) is 13.8 Å². The third kappa shape index (κ3) is 1.97. The van der Waals surface area contributed by atoms with Gasteiger partial charge < -0.3 is 0 Å². The molecule has 0 aliphatic rings. The minimum atomic E-state index is -0.208. The zero-order valence-electron chi connectivity index (χ0n) is 6.23. The molecule has 2 nitrogen and oxygen atoms in total. The molecule has 0 bridgehead atoms. The lowest BCUT2D eigenvalue weighted by Crippen LogP contribution is -2.04. The van der Waals surface area contributed by atoms with Gasteiger partial charge in [-0.25, -0.2) is 0 Å². The maximum atomic E-state index is 10.6. The number of hydrogen-bond acceptors (Lipinski definition) is 2. The van der Waals surface area contributed by atoms with Gasteiger partial charge in [-0.1, -0.05) is 13.2 Å². The normalized spacial score (nSPS) is 8.60. The largest absolute Gasteiger partial charge is 0.295 e. The first-order valence-corrected chi connectivity index (χ1v) is 2.87. The molecule has 0 atom stereocenters. The number of ketones is 2. The van der Waals surface area contributed by atoms with Crippen molar-refractivity contribution in [1.29, 1.82) is 0 Å². The van der Waals surface area contributed by atoms with Crippen LogP contribution in [-0.4, -0.2) is 11.6 Å². The fourth-order valence-electron chi connectivity index (χ4n) is 0.425. The summed E-state index contributed by atoms with van der Waals surface area (Å²) in [7, 11) is 0. The predicted molar refractivity (Wildman–Crippen MR) is 39.6 cm³/mol. The average molecular weight is 138 g/mol. The van der Waals surface area contributed by atoms with Crippen molar-refractivity contribution >= 4 is 11.6 Å². The van der Waals surface area contributed by atoms with Crippen molar-refractivity contribution in [2.24, 2.45) is 0 Å². The van der Waals surface area contributed by atoms with E-state index >= 15 is 0 Å². The van der Waals surface area contributed by atoms with Crippen molar-refractivity contribution in [2.45, 2.75) is 13.8 Å². The molecule has 0 aliphatic heterocycles. The van der Waals surface area contributed by atoms with Gasteiger partial charge in [0.2, 0.25) is 0 Å². The summed E-state index contributed by atoms with van der Waals surface area (Å²) in [4.78, 5) is 21.2. The van der Waals surface area contributed by atoms with Crippen molar-refractivity contribution < 1.29 is 9.59 Å². The highest BCUT2D eigenvalue weighted by molar-refractivity contribution is 6.09. The Labute approximate surface area is 60.2 Å². The molecule has 0 fully saturated rings. The molecular formula is C8H10O2. The molecule has 0 aliphatic carbocycles. The van der Waals surface area contributed by atoms with E-state index in [2.05, 4.69) is 13.2 Å². The monoisotopic (exact) mass is 138 g/mol. The first kappa shape index (κ1) is 8.82. The van der Waals surface area contributed by atoms with Crippen LogP contribution in [0.15, 0.2) is 24.3 Å². The lowest BCUT2D eigenvalue weighted by atomic mass is 10.0. The van der Waals surface area contributed by atoms with Gasteiger partial charge in [-0.2, -0.15) is 0 Å². The standard InChI is InChI=1S/C8H10O2/c1-5(7(3)9)6(2)8(4)10/h1-2H2,3-4H3. The topological polar surface area (TPSA) is 34.1 Å². The average Bonchev–Trinajstić information content (AvgIpc) is 1.84. The maximum absolute atomic E-state index is 10.6. The molecule has 0 N–H and O–H groups in total. The molecule has 0 radical (unpaired) electrons. The molecule has 0 unspecified atom stereocenters. The summed E-state index contributed by atoms with van der Waals surface area (Å²) >= 11 is 0. The van der Waals surface area contributed by atoms with E-state index in [1.165, 1.54) is 13.8 Å². The van der Waals surface area contributed by atoms with Crippen molar-refractivity contribution in [3.8, 4) is 0 Å². The van der Waals surface area contributed by atoms with Crippen molar-refractivity contribution in [2.75, 3.05) is 0 Å². The second-order valence-electron chi connectivity index (χ2n) is 2.07. The molecule has 0 amide bonds. The highest BCUT2D eigenvalue weighted by atomic mass is 16.1. The Bertz CT molecular complexity index is 187. The SMILES string of the molecule is C=C(C(=C)C(C)=O)C(C)=O. The Kier molecular flexibility index (Phi) is 2.74. The third-order valence-corrected chi connectivity index (χ3v) is 1.21. The molecule has 54 valence electrons. The smallest absolute Gasteiger partial charge is 0.159 e. The summed E-state index contributed by atoms with van der Waals surface area (Å²) < 4.78 is 0. The van der Waals surface area contributed by atoms with Crippen LogP contribution in [0, 0.1) is 0 Å². The van der Waals surface area contributed by atoms with E-state index in [0.717, 1.165) is 0 Å². The van der Waals surface area contributed by atoms with E-state index in [4.69, 9.17) is 0 Å². The summed E-state index contributed by atoms with van der Waals surface area (Å²) in [6.45, 7) is 9.53. The summed E-state index contributed by atoms with van der Waals surface area (Å²) in [5.41, 5.74) is 0.403. The molecule has 0 saturated carbocycles. The first-order valence-electron chi connectivity index (χ1n) is 2.87. The third-order valence-electron chi connectivity index (χ3n) is 1.21. The number of Topliss-reactive ketones (excluding diaryl/α,β-unsaturated/α-hetero) is 2. The summed E-state index contributed by atoms with van der Waals surface area (Å²) in [5.74, 6) is -0.416. The number of hydrogen-bond donors (Lipinski definition) is 0. The minimum absolute atomic E-state index is 0.201. The molecule has 10 heavy (non-hydrogen) atoms. The van der Waals surface area contributed by atoms with Gasteiger partial charge in [-0.05, 0) is 13.8 Å². The van der Waals surface area contributed by atoms with Gasteiger partial charge >= 0.3 is 0 Å². The summed E-state index contributed by atoms with van der Waals surface area (Å²) in [6.07, 6.45) is 0. The maximum Gasteiger partial charge on any atom is 0.159 e. The number of rotatable bonds is 3. The Hall–Kier alpha value is -1.18. The Morgan fingerprint density at radius 2 is 1.10 bits per heavy atom. The molecule has 0 rings (SSSR count). The van der Waals surface area contributed by atoms with E-state index in [1.807, 2.05) is 0 Å². The fraction of sp³-hybridized carbons (Fsp3) is 0.250. The predicted octanol–water partition coefficient (Wildman–Crippen LogP) is 1.28. The van der Waals surface area contributed by atoms with Crippen molar-refractivity contribution in [3.05, 3.63) is 24.3 Å². The van der Waals surface area contributed by atoms with Gasteiger partial charge in [0.25, 0.3) is 0 Å². The highest BCUT2D eigenvalue weighted by Crippen LogP contribution is 2.06. The zero-order chi connectivity index (χ0) is 8.31. The van der Waals surface area contributed by atoms with Gasteiger partial charge in [0.1, 0.15) is 0 Å². The van der Waals surface area contributed by atoms with Crippen LogP contribution in [0.3, 0.4) is 0 Å². The summed E-state index contributed by atoms with van der Waals surface area (Å²) in [5, 5.41) is 0. The Morgan fingerprint density at radius 1 is 0.900 bits per heavy atom. The number of carbonyl (C=O) groups is 2. The first-order chi connectivity index (χ1) is 4.46. The summed E-state index contributed by atoms with van der Waals surface area (Å²) in [6, 6.07) is 0. The zero-order valence-corrected chi connectivity index (χ0v) is 6.23. The van der Waals surface area contributed by atoms with Crippen LogP contribution in [0.5, 0.6) is 0 Å². The minimum Gasteiger partial charge on any atom is -0.295 e. The van der Waals surface area contributed by atoms with Crippen LogP contribution in [0.2, 0.25) is 0 Å². The lowest BCUT2D eigenvalue weighted by Gasteiger charge is -1.98. The van der Waals surface area contributed by atoms with E-state index in [-0.39, 0.29) is 22.7 Å². The molecule has 0 spiro atoms. The highest BCUT2D eigenvalue weighted by Gasteiger charge is 2.08. The molecule has 0 aromatic rings. The van der Waals surface area contributed by atoms with E-state index in [1.54, 1.807) is 0 Å². The van der Waals surface area contributed by atoms with Gasteiger partial charge in [0.15, 0.2) is 11.6 Å². The van der Waals surface area contributed by atoms with Crippen molar-refractivity contribution in [3.63, 3.8) is 0 Å². The second kappa shape index (κ2) is 3.11.